The summed E-state index contributed by atoms with van der Waals surface area (Å²) in [6.07, 6.45) is 3.87. The molecule has 2 rings (SSSR count). The average molecular weight is 257 g/mol. The molecule has 1 aromatic rings. The maximum atomic E-state index is 12.0. The van der Waals surface area contributed by atoms with Crippen LogP contribution >= 0.6 is 0 Å². The Morgan fingerprint density at radius 3 is 2.84 bits per heavy atom. The smallest absolute Gasteiger partial charge is 0.251 e. The molecule has 0 unspecified atom stereocenters. The predicted molar refractivity (Wildman–Crippen MR) is 74.9 cm³/mol. The number of hydrogen-bond acceptors (Lipinski definition) is 2. The zero-order valence-electron chi connectivity index (χ0n) is 11.2. The molecule has 0 aromatic heterocycles. The fourth-order valence-electron chi connectivity index (χ4n) is 1.98. The molecule has 0 saturated heterocycles. The topological polar surface area (TPSA) is 49.3 Å². The Morgan fingerprint density at radius 2 is 2.26 bits per heavy atom. The Balaban J connectivity index is 2.05. The first kappa shape index (κ1) is 13.6. The lowest BCUT2D eigenvalue weighted by Crippen LogP contribution is -2.39. The molecule has 1 fully saturated rings. The lowest BCUT2D eigenvalue weighted by Gasteiger charge is -2.26. The molecular weight excluding hydrogens is 238 g/mol. The molecular formula is C16H19NO2. The van der Waals surface area contributed by atoms with Gasteiger partial charge in [-0.05, 0) is 49.9 Å². The predicted octanol–water partition coefficient (Wildman–Crippen LogP) is 2.01. The van der Waals surface area contributed by atoms with Crippen LogP contribution in [0.1, 0.15) is 47.2 Å². The first-order chi connectivity index (χ1) is 9.20. The van der Waals surface area contributed by atoms with Crippen molar-refractivity contribution in [3.63, 3.8) is 0 Å². The van der Waals surface area contributed by atoms with Crippen LogP contribution in [0, 0.1) is 18.8 Å². The molecule has 3 heteroatoms. The third-order valence-electron chi connectivity index (χ3n) is 3.39. The minimum atomic E-state index is 0.00247. The minimum absolute atomic E-state index is 0.00247. The van der Waals surface area contributed by atoms with E-state index in [1.54, 1.807) is 0 Å². The van der Waals surface area contributed by atoms with Gasteiger partial charge in [0.1, 0.15) is 0 Å². The van der Waals surface area contributed by atoms with Crippen molar-refractivity contribution in [2.24, 2.45) is 0 Å². The highest BCUT2D eigenvalue weighted by Crippen LogP contribution is 2.19. The van der Waals surface area contributed by atoms with E-state index in [0.29, 0.717) is 18.0 Å². The molecule has 1 amide bonds. The van der Waals surface area contributed by atoms with Gasteiger partial charge in [0, 0.05) is 23.6 Å². The number of amides is 1. The van der Waals surface area contributed by atoms with Crippen molar-refractivity contribution in [3.8, 4) is 11.8 Å². The van der Waals surface area contributed by atoms with Crippen LogP contribution in [0.2, 0.25) is 0 Å². The molecule has 3 nitrogen and oxygen atoms in total. The summed E-state index contributed by atoms with van der Waals surface area (Å²) >= 11 is 0. The SMILES string of the molecule is Cc1cc(C(=O)NC2CCC2)ccc1C#CCCO. The molecule has 0 spiro atoms. The molecule has 19 heavy (non-hydrogen) atoms. The highest BCUT2D eigenvalue weighted by molar-refractivity contribution is 5.94. The summed E-state index contributed by atoms with van der Waals surface area (Å²) in [5.41, 5.74) is 2.59. The maximum Gasteiger partial charge on any atom is 0.251 e. The summed E-state index contributed by atoms with van der Waals surface area (Å²) in [7, 11) is 0. The molecule has 1 aliphatic carbocycles. The van der Waals surface area contributed by atoms with E-state index >= 15 is 0 Å². The number of rotatable bonds is 3. The van der Waals surface area contributed by atoms with Crippen molar-refractivity contribution in [2.45, 2.75) is 38.6 Å². The molecule has 0 aliphatic heterocycles. The highest BCUT2D eigenvalue weighted by Gasteiger charge is 2.20. The molecule has 0 bridgehead atoms. The third kappa shape index (κ3) is 3.59. The van der Waals surface area contributed by atoms with E-state index in [4.69, 9.17) is 5.11 Å². The second-order valence-electron chi connectivity index (χ2n) is 4.91. The summed E-state index contributed by atoms with van der Waals surface area (Å²) in [4.78, 5) is 12.0. The number of carbonyl (C=O) groups is 1. The summed E-state index contributed by atoms with van der Waals surface area (Å²) in [6, 6.07) is 5.91. The van der Waals surface area contributed by atoms with Gasteiger partial charge in [-0.25, -0.2) is 0 Å². The van der Waals surface area contributed by atoms with Gasteiger partial charge >= 0.3 is 0 Å². The number of aliphatic hydroxyl groups is 1. The van der Waals surface area contributed by atoms with E-state index in [1.165, 1.54) is 6.42 Å². The van der Waals surface area contributed by atoms with E-state index in [-0.39, 0.29) is 12.5 Å². The van der Waals surface area contributed by atoms with Crippen LogP contribution in [-0.4, -0.2) is 23.7 Å². The molecule has 0 radical (unpaired) electrons. The first-order valence-electron chi connectivity index (χ1n) is 6.72. The molecule has 2 N–H and O–H groups in total. The Bertz CT molecular complexity index is 521. The molecule has 1 aromatic carbocycles. The van der Waals surface area contributed by atoms with Crippen molar-refractivity contribution in [1.82, 2.24) is 5.32 Å². The van der Waals surface area contributed by atoms with Crippen LogP contribution in [-0.2, 0) is 0 Å². The monoisotopic (exact) mass is 257 g/mol. The minimum Gasteiger partial charge on any atom is -0.395 e. The second-order valence-corrected chi connectivity index (χ2v) is 4.91. The normalized spacial score (nSPS) is 14.2. The maximum absolute atomic E-state index is 12.0. The second kappa shape index (κ2) is 6.40. The van der Waals surface area contributed by atoms with Crippen LogP contribution < -0.4 is 5.32 Å². The molecule has 0 atom stereocenters. The zero-order valence-corrected chi connectivity index (χ0v) is 11.2. The molecule has 100 valence electrons. The summed E-state index contributed by atoms with van der Waals surface area (Å²) in [6.45, 7) is 2.02. The summed E-state index contributed by atoms with van der Waals surface area (Å²) in [5, 5.41) is 11.7. The van der Waals surface area contributed by atoms with Crippen LogP contribution in [0.3, 0.4) is 0 Å². The summed E-state index contributed by atoms with van der Waals surface area (Å²) in [5.74, 6) is 5.89. The van der Waals surface area contributed by atoms with Crippen molar-refractivity contribution in [3.05, 3.63) is 34.9 Å². The van der Waals surface area contributed by atoms with Crippen molar-refractivity contribution in [1.29, 1.82) is 0 Å². The van der Waals surface area contributed by atoms with Crippen molar-refractivity contribution in [2.75, 3.05) is 6.61 Å². The number of carbonyl (C=O) groups excluding carboxylic acids is 1. The van der Waals surface area contributed by atoms with E-state index < -0.39 is 0 Å². The van der Waals surface area contributed by atoms with Crippen molar-refractivity contribution < 1.29 is 9.90 Å². The Morgan fingerprint density at radius 1 is 1.47 bits per heavy atom. The van der Waals surface area contributed by atoms with Gasteiger partial charge in [0.15, 0.2) is 0 Å². The van der Waals surface area contributed by atoms with Gasteiger partial charge in [-0.3, -0.25) is 4.79 Å². The average Bonchev–Trinajstić information content (AvgIpc) is 2.35. The fraction of sp³-hybridized carbons (Fsp3) is 0.438. The third-order valence-corrected chi connectivity index (χ3v) is 3.39. The van der Waals surface area contributed by atoms with E-state index in [0.717, 1.165) is 24.0 Å². The van der Waals surface area contributed by atoms with E-state index in [9.17, 15) is 4.79 Å². The standard InChI is InChI=1S/C16H19NO2/c1-12-11-14(16(19)17-15-6-4-7-15)9-8-13(12)5-2-3-10-18/h8-9,11,15,18H,3-4,6-7,10H2,1H3,(H,17,19). The number of hydrogen-bond donors (Lipinski definition) is 2. The van der Waals surface area contributed by atoms with Gasteiger partial charge < -0.3 is 10.4 Å². The van der Waals surface area contributed by atoms with Gasteiger partial charge in [0.05, 0.1) is 6.61 Å². The number of nitrogens with one attached hydrogen (secondary N) is 1. The Kier molecular flexibility index (Phi) is 4.59. The van der Waals surface area contributed by atoms with E-state index in [2.05, 4.69) is 17.2 Å². The van der Waals surface area contributed by atoms with Crippen molar-refractivity contribution >= 4 is 5.91 Å². The van der Waals surface area contributed by atoms with Gasteiger partial charge in [-0.2, -0.15) is 0 Å². The Labute approximate surface area is 114 Å². The quantitative estimate of drug-likeness (QED) is 0.814. The van der Waals surface area contributed by atoms with Gasteiger partial charge in [0.25, 0.3) is 5.91 Å². The van der Waals surface area contributed by atoms with Crippen LogP contribution in [0.4, 0.5) is 0 Å². The number of aliphatic hydroxyl groups excluding tert-OH is 1. The molecule has 1 saturated carbocycles. The lowest BCUT2D eigenvalue weighted by atomic mass is 9.93. The summed E-state index contributed by atoms with van der Waals surface area (Å²) < 4.78 is 0. The van der Waals surface area contributed by atoms with Crippen LogP contribution in [0.5, 0.6) is 0 Å². The highest BCUT2D eigenvalue weighted by atomic mass is 16.2. The Hall–Kier alpha value is -1.79. The van der Waals surface area contributed by atoms with Gasteiger partial charge in [-0.1, -0.05) is 11.8 Å². The molecule has 1 aliphatic rings. The zero-order chi connectivity index (χ0) is 13.7. The van der Waals surface area contributed by atoms with E-state index in [1.807, 2.05) is 25.1 Å². The first-order valence-corrected chi connectivity index (χ1v) is 6.72. The van der Waals surface area contributed by atoms with Crippen LogP contribution in [0.15, 0.2) is 18.2 Å². The fourth-order valence-corrected chi connectivity index (χ4v) is 1.98. The van der Waals surface area contributed by atoms with Crippen LogP contribution in [0.25, 0.3) is 0 Å². The largest absolute Gasteiger partial charge is 0.395 e. The molecule has 0 heterocycles. The van der Waals surface area contributed by atoms with Gasteiger partial charge in [-0.15, -0.1) is 0 Å². The number of aryl methyl sites for hydroxylation is 1. The lowest BCUT2D eigenvalue weighted by molar-refractivity contribution is 0.0917. The number of benzene rings is 1. The van der Waals surface area contributed by atoms with Gasteiger partial charge in [0.2, 0.25) is 0 Å².